The minimum absolute atomic E-state index is 0.0872. The van der Waals surface area contributed by atoms with E-state index in [0.717, 1.165) is 17.2 Å². The lowest BCUT2D eigenvalue weighted by molar-refractivity contribution is -0.120. The number of carbonyl (C=O) groups excluding carboxylic acids is 1. The summed E-state index contributed by atoms with van der Waals surface area (Å²) < 4.78 is 11.2. The summed E-state index contributed by atoms with van der Waals surface area (Å²) in [5.74, 6) is 1.77. The largest absolute Gasteiger partial charge is 0.490 e. The molecule has 0 aliphatic carbocycles. The number of nitrogens with one attached hydrogen (secondary N) is 2. The van der Waals surface area contributed by atoms with Crippen molar-refractivity contribution in [1.29, 1.82) is 0 Å². The van der Waals surface area contributed by atoms with Crippen LogP contribution in [0.1, 0.15) is 20.3 Å². The van der Waals surface area contributed by atoms with Crippen LogP contribution in [-0.4, -0.2) is 24.2 Å². The normalized spacial score (nSPS) is 10.3. The number of rotatable bonds is 8. The van der Waals surface area contributed by atoms with Crippen LogP contribution in [0.4, 0.5) is 5.69 Å². The van der Waals surface area contributed by atoms with Gasteiger partial charge in [0.15, 0.2) is 5.11 Å². The van der Waals surface area contributed by atoms with Crippen molar-refractivity contribution in [3.8, 4) is 11.5 Å². The van der Waals surface area contributed by atoms with Crippen LogP contribution in [0.2, 0.25) is 0 Å². The zero-order valence-electron chi connectivity index (χ0n) is 15.0. The Morgan fingerprint density at radius 2 is 1.54 bits per heavy atom. The van der Waals surface area contributed by atoms with Crippen LogP contribution in [0, 0.1) is 5.92 Å². The average Bonchev–Trinajstić information content (AvgIpc) is 2.60. The Balaban J connectivity index is 1.70. The van der Waals surface area contributed by atoms with E-state index in [1.54, 1.807) is 0 Å². The van der Waals surface area contributed by atoms with E-state index in [1.165, 1.54) is 0 Å². The summed E-state index contributed by atoms with van der Waals surface area (Å²) in [5.41, 5.74) is 0.785. The molecule has 6 heteroatoms. The lowest BCUT2D eigenvalue weighted by atomic mass is 10.1. The third-order valence-corrected chi connectivity index (χ3v) is 3.53. The molecule has 2 aromatic rings. The van der Waals surface area contributed by atoms with E-state index in [4.69, 9.17) is 21.7 Å². The van der Waals surface area contributed by atoms with Crippen molar-refractivity contribution in [2.24, 2.45) is 5.92 Å². The molecule has 138 valence electrons. The molecule has 0 fully saturated rings. The zero-order chi connectivity index (χ0) is 18.8. The molecule has 1 amide bonds. The fourth-order valence-electron chi connectivity index (χ4n) is 2.18. The van der Waals surface area contributed by atoms with Gasteiger partial charge in [0.25, 0.3) is 0 Å². The lowest BCUT2D eigenvalue weighted by Crippen LogP contribution is -2.34. The summed E-state index contributed by atoms with van der Waals surface area (Å²) in [6.45, 7) is 4.89. The molecule has 0 spiro atoms. The van der Waals surface area contributed by atoms with Gasteiger partial charge >= 0.3 is 0 Å². The van der Waals surface area contributed by atoms with Gasteiger partial charge in [0.05, 0.1) is 0 Å². The third-order valence-electron chi connectivity index (χ3n) is 3.32. The molecule has 0 saturated carbocycles. The molecular formula is C20H24N2O3S. The Kier molecular flexibility index (Phi) is 7.89. The van der Waals surface area contributed by atoms with Crippen molar-refractivity contribution < 1.29 is 14.3 Å². The first-order valence-corrected chi connectivity index (χ1v) is 8.95. The first-order chi connectivity index (χ1) is 12.5. The summed E-state index contributed by atoms with van der Waals surface area (Å²) in [4.78, 5) is 11.7. The minimum Gasteiger partial charge on any atom is -0.490 e. The van der Waals surface area contributed by atoms with Crippen LogP contribution < -0.4 is 20.1 Å². The van der Waals surface area contributed by atoms with E-state index < -0.39 is 0 Å². The standard InChI is InChI=1S/C20H24N2O3S/c1-15(2)14-19(23)22-20(26)21-16-8-10-18(11-9-16)25-13-12-24-17-6-4-3-5-7-17/h3-11,15H,12-14H2,1-2H3,(H2,21,22,23,26). The summed E-state index contributed by atoms with van der Waals surface area (Å²) in [6, 6.07) is 17.0. The van der Waals surface area contributed by atoms with E-state index in [-0.39, 0.29) is 5.91 Å². The second-order valence-electron chi connectivity index (χ2n) is 6.13. The Morgan fingerprint density at radius 1 is 0.962 bits per heavy atom. The summed E-state index contributed by atoms with van der Waals surface area (Å²) in [5, 5.41) is 5.94. The Bertz CT molecular complexity index is 703. The molecule has 5 nitrogen and oxygen atoms in total. The molecule has 0 atom stereocenters. The molecule has 0 aromatic heterocycles. The Morgan fingerprint density at radius 3 is 2.12 bits per heavy atom. The van der Waals surface area contributed by atoms with E-state index >= 15 is 0 Å². The van der Waals surface area contributed by atoms with Crippen molar-refractivity contribution in [2.75, 3.05) is 18.5 Å². The van der Waals surface area contributed by atoms with Gasteiger partial charge in [-0.3, -0.25) is 4.79 Å². The average molecular weight is 372 g/mol. The monoisotopic (exact) mass is 372 g/mol. The fourth-order valence-corrected chi connectivity index (χ4v) is 2.41. The smallest absolute Gasteiger partial charge is 0.226 e. The summed E-state index contributed by atoms with van der Waals surface area (Å²) >= 11 is 5.14. The molecule has 0 aliphatic rings. The Hall–Kier alpha value is -2.60. The SMILES string of the molecule is CC(C)CC(=O)NC(=S)Nc1ccc(OCCOc2ccccc2)cc1. The highest BCUT2D eigenvalue weighted by Gasteiger charge is 2.07. The molecule has 0 radical (unpaired) electrons. The number of ether oxygens (including phenoxy) is 2. The van der Waals surface area contributed by atoms with Crippen molar-refractivity contribution in [2.45, 2.75) is 20.3 Å². The first kappa shape index (κ1) is 19.7. The molecule has 0 unspecified atom stereocenters. The molecule has 2 aromatic carbocycles. The van der Waals surface area contributed by atoms with E-state index in [1.807, 2.05) is 68.4 Å². The van der Waals surface area contributed by atoms with Crippen LogP contribution in [0.15, 0.2) is 54.6 Å². The van der Waals surface area contributed by atoms with E-state index in [9.17, 15) is 4.79 Å². The first-order valence-electron chi connectivity index (χ1n) is 8.54. The molecule has 0 saturated heterocycles. The Labute approximate surface area is 159 Å². The van der Waals surface area contributed by atoms with Gasteiger partial charge in [-0.15, -0.1) is 0 Å². The van der Waals surface area contributed by atoms with Crippen LogP contribution in [0.3, 0.4) is 0 Å². The maximum absolute atomic E-state index is 11.7. The predicted molar refractivity (Wildman–Crippen MR) is 108 cm³/mol. The second-order valence-corrected chi connectivity index (χ2v) is 6.54. The maximum Gasteiger partial charge on any atom is 0.226 e. The summed E-state index contributed by atoms with van der Waals surface area (Å²) in [6.07, 6.45) is 0.444. The number of hydrogen-bond acceptors (Lipinski definition) is 4. The van der Waals surface area contributed by atoms with Crippen LogP contribution in [0.5, 0.6) is 11.5 Å². The van der Waals surface area contributed by atoms with Gasteiger partial charge in [-0.25, -0.2) is 0 Å². The predicted octanol–water partition coefficient (Wildman–Crippen LogP) is 4.00. The minimum atomic E-state index is -0.0872. The van der Waals surface area contributed by atoms with Gasteiger partial charge in [0, 0.05) is 12.1 Å². The second kappa shape index (κ2) is 10.4. The molecule has 0 aliphatic heterocycles. The van der Waals surface area contributed by atoms with Gasteiger partial charge in [-0.1, -0.05) is 32.0 Å². The number of para-hydroxylation sites is 1. The number of carbonyl (C=O) groups is 1. The number of anilines is 1. The van der Waals surface area contributed by atoms with Crippen molar-refractivity contribution >= 4 is 28.9 Å². The number of amides is 1. The van der Waals surface area contributed by atoms with Crippen LogP contribution in [-0.2, 0) is 4.79 Å². The van der Waals surface area contributed by atoms with Crippen molar-refractivity contribution in [1.82, 2.24) is 5.32 Å². The molecule has 0 heterocycles. The van der Waals surface area contributed by atoms with Crippen molar-refractivity contribution in [3.63, 3.8) is 0 Å². The quantitative estimate of drug-likeness (QED) is 0.542. The molecule has 26 heavy (non-hydrogen) atoms. The van der Waals surface area contributed by atoms with Gasteiger partial charge in [-0.2, -0.15) is 0 Å². The molecule has 2 N–H and O–H groups in total. The highest BCUT2D eigenvalue weighted by molar-refractivity contribution is 7.80. The highest BCUT2D eigenvalue weighted by atomic mass is 32.1. The number of benzene rings is 2. The lowest BCUT2D eigenvalue weighted by Gasteiger charge is -2.12. The fraction of sp³-hybridized carbons (Fsp3) is 0.300. The van der Waals surface area contributed by atoms with Crippen molar-refractivity contribution in [3.05, 3.63) is 54.6 Å². The van der Waals surface area contributed by atoms with Crippen LogP contribution >= 0.6 is 12.2 Å². The topological polar surface area (TPSA) is 59.6 Å². The van der Waals surface area contributed by atoms with E-state index in [0.29, 0.717) is 30.7 Å². The number of thiocarbonyl (C=S) groups is 1. The zero-order valence-corrected chi connectivity index (χ0v) is 15.8. The third kappa shape index (κ3) is 7.53. The number of hydrogen-bond donors (Lipinski definition) is 2. The van der Waals surface area contributed by atoms with Gasteiger partial charge < -0.3 is 20.1 Å². The molecule has 0 bridgehead atoms. The van der Waals surface area contributed by atoms with E-state index in [2.05, 4.69) is 10.6 Å². The highest BCUT2D eigenvalue weighted by Crippen LogP contribution is 2.16. The van der Waals surface area contributed by atoms with Gasteiger partial charge in [0.1, 0.15) is 24.7 Å². The van der Waals surface area contributed by atoms with Crippen LogP contribution in [0.25, 0.3) is 0 Å². The summed E-state index contributed by atoms with van der Waals surface area (Å²) in [7, 11) is 0. The van der Waals surface area contributed by atoms with Gasteiger partial charge in [0.2, 0.25) is 5.91 Å². The van der Waals surface area contributed by atoms with Gasteiger partial charge in [-0.05, 0) is 54.5 Å². The molecular weight excluding hydrogens is 348 g/mol. The maximum atomic E-state index is 11.7. The molecule has 2 rings (SSSR count).